The molecule has 7 nitrogen and oxygen atoms in total. The second kappa shape index (κ2) is 7.73. The van der Waals surface area contributed by atoms with Gasteiger partial charge in [0.05, 0.1) is 0 Å². The summed E-state index contributed by atoms with van der Waals surface area (Å²) in [6.45, 7) is 0. The standard InChI is InChI=1S/BH3O3.H2O4Si.Zn/c2-1(3)4;1-5(2,3)4;/h2-4H;1-2H;/q;-2;+2. The van der Waals surface area contributed by atoms with Crippen molar-refractivity contribution in [3.63, 3.8) is 0 Å². The van der Waals surface area contributed by atoms with Crippen molar-refractivity contribution in [1.29, 1.82) is 0 Å². The normalized spacial score (nSPS) is 8.70. The molecule has 0 rings (SSSR count). The molecule has 0 unspecified atom stereocenters. The Morgan fingerprint density at radius 2 is 1.00 bits per heavy atom. The Labute approximate surface area is 70.6 Å². The maximum Gasteiger partial charge on any atom is 2.00 e. The number of rotatable bonds is 0. The van der Waals surface area contributed by atoms with Crippen LogP contribution in [0.15, 0.2) is 0 Å². The second-order valence-electron chi connectivity index (χ2n) is 0.895. The molecule has 0 fully saturated rings. The summed E-state index contributed by atoms with van der Waals surface area (Å²) in [6.07, 6.45) is 0. The molecule has 0 aliphatic heterocycles. The van der Waals surface area contributed by atoms with Gasteiger partial charge in [-0.25, -0.2) is 0 Å². The minimum Gasteiger partial charge on any atom is -0.828 e. The quantitative estimate of drug-likeness (QED) is 0.256. The summed E-state index contributed by atoms with van der Waals surface area (Å²) in [4.78, 5) is 31.8. The van der Waals surface area contributed by atoms with Gasteiger partial charge in [0.15, 0.2) is 0 Å². The summed E-state index contributed by atoms with van der Waals surface area (Å²) in [6, 6.07) is 0. The molecule has 56 valence electrons. The molecule has 0 atom stereocenters. The minimum atomic E-state index is -5.11. The molecule has 0 saturated heterocycles. The van der Waals surface area contributed by atoms with E-state index < -0.39 is 16.4 Å². The Hall–Kier alpha value is 0.625. The van der Waals surface area contributed by atoms with Gasteiger partial charge in [-0.15, -0.1) is 0 Å². The summed E-state index contributed by atoms with van der Waals surface area (Å²) in [5.74, 6) is 0. The van der Waals surface area contributed by atoms with Gasteiger partial charge in [-0.05, 0) is 0 Å². The predicted molar refractivity (Wildman–Crippen MR) is 22.6 cm³/mol. The van der Waals surface area contributed by atoms with Gasteiger partial charge in [0.25, 0.3) is 0 Å². The first-order chi connectivity index (χ1) is 3.73. The molecule has 10 heteroatoms. The third kappa shape index (κ3) is 1280. The molecular weight excluding hydrogens is 216 g/mol. The van der Waals surface area contributed by atoms with Crippen LogP contribution in [0.4, 0.5) is 0 Å². The van der Waals surface area contributed by atoms with Crippen molar-refractivity contribution in [2.75, 3.05) is 0 Å². The van der Waals surface area contributed by atoms with Crippen molar-refractivity contribution in [2.24, 2.45) is 0 Å². The zero-order valence-electron chi connectivity index (χ0n) is 4.84. The van der Waals surface area contributed by atoms with Crippen LogP contribution in [0.5, 0.6) is 0 Å². The van der Waals surface area contributed by atoms with Crippen LogP contribution in [0.3, 0.4) is 0 Å². The zero-order valence-corrected chi connectivity index (χ0v) is 8.80. The van der Waals surface area contributed by atoms with Gasteiger partial charge in [-0.3, -0.25) is 0 Å². The van der Waals surface area contributed by atoms with Crippen LogP contribution in [-0.4, -0.2) is 41.0 Å². The Morgan fingerprint density at radius 1 is 1.00 bits per heavy atom. The third-order valence-corrected chi connectivity index (χ3v) is 0. The first-order valence-electron chi connectivity index (χ1n) is 1.63. The fourth-order valence-electron chi connectivity index (χ4n) is 0. The largest absolute Gasteiger partial charge is 2.00 e. The first kappa shape index (κ1) is 16.9. The maximum atomic E-state index is 8.80. The molecule has 0 aromatic rings. The Kier molecular flexibility index (Phi) is 13.1. The number of hydrogen-bond donors (Lipinski definition) is 5. The van der Waals surface area contributed by atoms with Crippen LogP contribution < -0.4 is 9.59 Å². The maximum absolute atomic E-state index is 8.80. The summed E-state index contributed by atoms with van der Waals surface area (Å²) in [5.41, 5.74) is 0. The van der Waals surface area contributed by atoms with Crippen LogP contribution in [-0.2, 0) is 19.5 Å². The van der Waals surface area contributed by atoms with Crippen molar-refractivity contribution in [3.05, 3.63) is 0 Å². The van der Waals surface area contributed by atoms with E-state index in [1.165, 1.54) is 0 Å². The van der Waals surface area contributed by atoms with Gasteiger partial charge < -0.3 is 34.3 Å². The monoisotopic (exact) mass is 220 g/mol. The van der Waals surface area contributed by atoms with E-state index in [1.807, 2.05) is 0 Å². The van der Waals surface area contributed by atoms with Crippen molar-refractivity contribution >= 4 is 16.4 Å². The summed E-state index contributed by atoms with van der Waals surface area (Å²) >= 11 is 0. The van der Waals surface area contributed by atoms with E-state index in [9.17, 15) is 0 Å². The molecule has 0 spiro atoms. The van der Waals surface area contributed by atoms with Gasteiger partial charge in [-0.2, -0.15) is 0 Å². The van der Waals surface area contributed by atoms with Crippen molar-refractivity contribution in [1.82, 2.24) is 0 Å². The Bertz CT molecular complexity index is 50.4. The van der Waals surface area contributed by atoms with E-state index in [0.29, 0.717) is 0 Å². The SMILES string of the molecule is OB(O)O.[O-][Si]([O-])(O)O.[Zn+2]. The van der Waals surface area contributed by atoms with Crippen molar-refractivity contribution in [2.45, 2.75) is 0 Å². The average molecular weight is 221 g/mol. The van der Waals surface area contributed by atoms with E-state index in [0.717, 1.165) is 0 Å². The molecule has 0 aromatic carbocycles. The van der Waals surface area contributed by atoms with E-state index in [1.54, 1.807) is 0 Å². The minimum absolute atomic E-state index is 0. The van der Waals surface area contributed by atoms with Crippen LogP contribution in [0.25, 0.3) is 0 Å². The van der Waals surface area contributed by atoms with E-state index >= 15 is 0 Å². The molecular formula is H5BO7SiZn. The Balaban J connectivity index is -0.0000000910. The smallest absolute Gasteiger partial charge is 0.828 e. The summed E-state index contributed by atoms with van der Waals surface area (Å²) in [5, 5.41) is 21.5. The molecule has 0 aliphatic rings. The molecule has 0 saturated carbocycles. The molecule has 0 bridgehead atoms. The predicted octanol–water partition coefficient (Wildman–Crippen LogP) is -5.93. The van der Waals surface area contributed by atoms with Crippen LogP contribution in [0, 0.1) is 0 Å². The Morgan fingerprint density at radius 3 is 1.00 bits per heavy atom. The fourth-order valence-corrected chi connectivity index (χ4v) is 0. The van der Waals surface area contributed by atoms with E-state index in [4.69, 9.17) is 34.3 Å². The van der Waals surface area contributed by atoms with Gasteiger partial charge in [0.2, 0.25) is 0 Å². The van der Waals surface area contributed by atoms with Gasteiger partial charge >= 0.3 is 26.8 Å². The topological polar surface area (TPSA) is 147 Å². The molecule has 0 aliphatic carbocycles. The van der Waals surface area contributed by atoms with Gasteiger partial charge in [-0.1, -0.05) is 0 Å². The van der Waals surface area contributed by atoms with E-state index in [2.05, 4.69) is 0 Å². The summed E-state index contributed by atoms with van der Waals surface area (Å²) < 4.78 is 0. The van der Waals surface area contributed by atoms with Gasteiger partial charge in [0, 0.05) is 0 Å². The fraction of sp³-hybridized carbons (Fsp3) is 0. The molecule has 0 aromatic heterocycles. The molecule has 0 radical (unpaired) electrons. The van der Waals surface area contributed by atoms with Crippen LogP contribution >= 0.6 is 0 Å². The van der Waals surface area contributed by atoms with Crippen LogP contribution in [0.1, 0.15) is 0 Å². The first-order valence-corrected chi connectivity index (χ1v) is 3.34. The van der Waals surface area contributed by atoms with E-state index in [-0.39, 0.29) is 19.5 Å². The van der Waals surface area contributed by atoms with Crippen molar-refractivity contribution < 1.29 is 53.7 Å². The van der Waals surface area contributed by atoms with Crippen LogP contribution in [0.2, 0.25) is 0 Å². The number of hydrogen-bond acceptors (Lipinski definition) is 7. The third-order valence-electron chi connectivity index (χ3n) is 0. The molecule has 5 N–H and O–H groups in total. The average Bonchev–Trinajstić information content (AvgIpc) is 1.19. The second-order valence-corrected chi connectivity index (χ2v) is 1.99. The molecule has 10 heavy (non-hydrogen) atoms. The molecule has 0 amide bonds. The van der Waals surface area contributed by atoms with Crippen molar-refractivity contribution in [3.8, 4) is 0 Å². The molecule has 0 heterocycles. The zero-order chi connectivity index (χ0) is 8.08. The van der Waals surface area contributed by atoms with Gasteiger partial charge in [0.1, 0.15) is 9.05 Å². The summed E-state index contributed by atoms with van der Waals surface area (Å²) in [7, 11) is -7.28.